The van der Waals surface area contributed by atoms with E-state index in [1.54, 1.807) is 34.3 Å². The highest BCUT2D eigenvalue weighted by molar-refractivity contribution is 5.84. The molecule has 2 aromatic rings. The SMILES string of the molecule is COC(=O)CC(CC(=O)[C@@H]1CCCN(C(=O)CCC2CCN(C(=O)OC(C)(C)C)CC2)C1)c1cncc(-c2ccc([18F])c(C#N)c2)c1. The molecule has 1 aromatic heterocycles. The van der Waals surface area contributed by atoms with Gasteiger partial charge >= 0.3 is 12.1 Å². The Balaban J connectivity index is 1.34. The third-order valence-corrected chi connectivity index (χ3v) is 9.00. The van der Waals surface area contributed by atoms with Crippen LogP contribution in [0.5, 0.6) is 0 Å². The number of ketones is 1. The summed E-state index contributed by atoms with van der Waals surface area (Å²) in [6, 6.07) is 7.86. The zero-order valence-corrected chi connectivity index (χ0v) is 27.8. The topological polar surface area (TPSA) is 130 Å². The van der Waals surface area contributed by atoms with E-state index in [1.165, 1.54) is 19.2 Å². The Morgan fingerprint density at radius 3 is 2.45 bits per heavy atom. The molecule has 0 aliphatic carbocycles. The van der Waals surface area contributed by atoms with Gasteiger partial charge in [-0.15, -0.1) is 0 Å². The quantitative estimate of drug-likeness (QED) is 0.286. The second-order valence-electron chi connectivity index (χ2n) is 13.6. The molecule has 3 heterocycles. The number of likely N-dealkylation sites (tertiary alicyclic amines) is 2. The first-order valence-electron chi connectivity index (χ1n) is 16.4. The summed E-state index contributed by atoms with van der Waals surface area (Å²) in [7, 11) is 1.30. The maximum Gasteiger partial charge on any atom is 0.410 e. The van der Waals surface area contributed by atoms with Crippen molar-refractivity contribution in [3.05, 3.63) is 53.6 Å². The van der Waals surface area contributed by atoms with Gasteiger partial charge in [-0.05, 0) is 88.1 Å². The fourth-order valence-corrected chi connectivity index (χ4v) is 6.31. The van der Waals surface area contributed by atoms with E-state index in [1.807, 2.05) is 26.8 Å². The second-order valence-corrected chi connectivity index (χ2v) is 13.6. The molecule has 0 bridgehead atoms. The number of carbonyl (C=O) groups excluding carboxylic acids is 4. The number of Topliss-reactive ketones (excluding diaryl/α,β-unsaturated/α-hetero) is 1. The number of nitriles is 1. The molecule has 2 saturated heterocycles. The van der Waals surface area contributed by atoms with Crippen molar-refractivity contribution < 1.29 is 33.0 Å². The van der Waals surface area contributed by atoms with Gasteiger partial charge in [0.25, 0.3) is 0 Å². The lowest BCUT2D eigenvalue weighted by Gasteiger charge is -2.35. The number of methoxy groups -OCH3 is 1. The summed E-state index contributed by atoms with van der Waals surface area (Å²) in [5, 5.41) is 9.24. The van der Waals surface area contributed by atoms with Crippen molar-refractivity contribution in [2.45, 2.75) is 83.7 Å². The van der Waals surface area contributed by atoms with Gasteiger partial charge < -0.3 is 19.3 Å². The fourth-order valence-electron chi connectivity index (χ4n) is 6.31. The van der Waals surface area contributed by atoms with Crippen molar-refractivity contribution in [2.24, 2.45) is 11.8 Å². The smallest absolute Gasteiger partial charge is 0.410 e. The average molecular weight is 648 g/mol. The Labute approximate surface area is 276 Å². The molecule has 0 saturated carbocycles. The standard InChI is InChI=1S/C36H45FN4O6/c1-36(2,3)47-35(45)40-14-11-24(12-15-40)7-10-33(43)41-13-5-6-26(23-41)32(42)18-27(19-34(44)46-4)30-17-29(21-39-22-30)25-8-9-31(37)28(16-25)20-38/h8-9,16-17,21-22,24,26-27H,5-7,10-15,18-19,23H2,1-4H3/t26-,27?/m1/s1/i37-1. The number of rotatable bonds is 10. The molecule has 2 amide bonds. The van der Waals surface area contributed by atoms with Crippen molar-refractivity contribution in [1.29, 1.82) is 5.26 Å². The molecular weight excluding hydrogens is 602 g/mol. The fraction of sp³-hybridized carbons (Fsp3) is 0.556. The normalized spacial score (nSPS) is 17.8. The first-order valence-corrected chi connectivity index (χ1v) is 16.4. The van der Waals surface area contributed by atoms with Crippen LogP contribution in [-0.2, 0) is 23.9 Å². The zero-order valence-electron chi connectivity index (χ0n) is 27.8. The molecule has 0 N–H and O–H groups in total. The summed E-state index contributed by atoms with van der Waals surface area (Å²) in [4.78, 5) is 59.4. The zero-order chi connectivity index (χ0) is 34.1. The monoisotopic (exact) mass is 647 g/mol. The average Bonchev–Trinajstić information content (AvgIpc) is 3.06. The van der Waals surface area contributed by atoms with E-state index >= 15 is 0 Å². The third kappa shape index (κ3) is 10.1. The molecule has 4 rings (SSSR count). The van der Waals surface area contributed by atoms with Gasteiger partial charge in [0.1, 0.15) is 23.3 Å². The van der Waals surface area contributed by atoms with Crippen LogP contribution in [0.25, 0.3) is 11.1 Å². The second kappa shape index (κ2) is 16.0. The Bertz CT molecular complexity index is 1490. The van der Waals surface area contributed by atoms with E-state index in [-0.39, 0.29) is 42.1 Å². The molecule has 2 aliphatic rings. The Morgan fingerprint density at radius 1 is 1.02 bits per heavy atom. The number of halogens is 1. The molecular formula is C36H45FN4O6. The van der Waals surface area contributed by atoms with Crippen LogP contribution in [0.15, 0.2) is 36.7 Å². The van der Waals surface area contributed by atoms with Crippen molar-refractivity contribution >= 4 is 23.8 Å². The van der Waals surface area contributed by atoms with E-state index in [9.17, 15) is 28.8 Å². The van der Waals surface area contributed by atoms with Crippen LogP contribution in [0.2, 0.25) is 0 Å². The first kappa shape index (κ1) is 35.5. The molecule has 11 heteroatoms. The van der Waals surface area contributed by atoms with E-state index in [0.29, 0.717) is 61.6 Å². The molecule has 2 fully saturated rings. The van der Waals surface area contributed by atoms with Gasteiger partial charge in [0.05, 0.1) is 19.1 Å². The van der Waals surface area contributed by atoms with Crippen molar-refractivity contribution in [3.8, 4) is 17.2 Å². The number of benzene rings is 1. The Kier molecular flexibility index (Phi) is 12.1. The van der Waals surface area contributed by atoms with Crippen LogP contribution in [0.3, 0.4) is 0 Å². The van der Waals surface area contributed by atoms with Gasteiger partial charge in [0.15, 0.2) is 0 Å². The minimum absolute atomic E-state index is 0.0233. The maximum absolute atomic E-state index is 13.9. The number of amides is 2. The van der Waals surface area contributed by atoms with Gasteiger partial charge in [-0.3, -0.25) is 19.4 Å². The summed E-state index contributed by atoms with van der Waals surface area (Å²) in [5.41, 5.74) is 1.26. The summed E-state index contributed by atoms with van der Waals surface area (Å²) in [6.07, 6.45) is 7.13. The molecule has 1 unspecified atom stereocenters. The lowest BCUT2D eigenvalue weighted by Crippen LogP contribution is -2.43. The van der Waals surface area contributed by atoms with Gasteiger partial charge in [-0.2, -0.15) is 5.26 Å². The summed E-state index contributed by atoms with van der Waals surface area (Å²) in [5.74, 6) is -1.55. The molecule has 10 nitrogen and oxygen atoms in total. The van der Waals surface area contributed by atoms with Crippen LogP contribution < -0.4 is 0 Å². The lowest BCUT2D eigenvalue weighted by molar-refractivity contribution is -0.141. The minimum atomic E-state index is -0.616. The number of piperidine rings is 2. The predicted molar refractivity (Wildman–Crippen MR) is 172 cm³/mol. The van der Waals surface area contributed by atoms with Crippen molar-refractivity contribution in [1.82, 2.24) is 14.8 Å². The molecule has 0 radical (unpaired) electrons. The lowest BCUT2D eigenvalue weighted by atomic mass is 9.84. The van der Waals surface area contributed by atoms with Crippen LogP contribution in [0.1, 0.15) is 89.2 Å². The van der Waals surface area contributed by atoms with Gasteiger partial charge in [0.2, 0.25) is 5.91 Å². The number of nitrogens with zero attached hydrogens (tertiary/aromatic N) is 4. The summed E-state index contributed by atoms with van der Waals surface area (Å²) in [6.45, 7) is 7.74. The summed E-state index contributed by atoms with van der Waals surface area (Å²) >= 11 is 0. The third-order valence-electron chi connectivity index (χ3n) is 9.00. The number of pyridine rings is 1. The van der Waals surface area contributed by atoms with Gasteiger partial charge in [-0.25, -0.2) is 9.18 Å². The number of carbonyl (C=O) groups is 4. The van der Waals surface area contributed by atoms with E-state index in [2.05, 4.69) is 4.98 Å². The number of ether oxygens (including phenoxy) is 2. The van der Waals surface area contributed by atoms with Crippen LogP contribution in [-0.4, -0.2) is 77.4 Å². The van der Waals surface area contributed by atoms with Crippen LogP contribution in [0.4, 0.5) is 9.18 Å². The largest absolute Gasteiger partial charge is 0.469 e. The highest BCUT2D eigenvalue weighted by Gasteiger charge is 2.32. The number of aromatic nitrogens is 1. The molecule has 1 aromatic carbocycles. The molecule has 2 atom stereocenters. The first-order chi connectivity index (χ1) is 22.4. The number of hydrogen-bond acceptors (Lipinski definition) is 8. The van der Waals surface area contributed by atoms with Crippen molar-refractivity contribution in [3.63, 3.8) is 0 Å². The highest BCUT2D eigenvalue weighted by atomic mass is 18.2. The van der Waals surface area contributed by atoms with Gasteiger partial charge in [0, 0.05) is 68.8 Å². The minimum Gasteiger partial charge on any atom is -0.469 e. The molecule has 2 aliphatic heterocycles. The van der Waals surface area contributed by atoms with Crippen LogP contribution in [0, 0.1) is 29.0 Å². The van der Waals surface area contributed by atoms with Crippen molar-refractivity contribution in [2.75, 3.05) is 33.3 Å². The number of hydrogen-bond donors (Lipinski definition) is 0. The van der Waals surface area contributed by atoms with Gasteiger partial charge in [-0.1, -0.05) is 6.07 Å². The molecule has 47 heavy (non-hydrogen) atoms. The van der Waals surface area contributed by atoms with E-state index in [4.69, 9.17) is 9.47 Å². The summed E-state index contributed by atoms with van der Waals surface area (Å²) < 4.78 is 24.3. The Hall–Kier alpha value is -4.33. The number of esters is 1. The highest BCUT2D eigenvalue weighted by Crippen LogP contribution is 2.32. The molecule has 0 spiro atoms. The Morgan fingerprint density at radius 2 is 1.77 bits per heavy atom. The van der Waals surface area contributed by atoms with E-state index in [0.717, 1.165) is 25.7 Å². The van der Waals surface area contributed by atoms with Crippen LogP contribution >= 0.6 is 0 Å². The predicted octanol–water partition coefficient (Wildman–Crippen LogP) is 6.03. The van der Waals surface area contributed by atoms with E-state index < -0.39 is 23.3 Å². The maximum atomic E-state index is 13.9. The molecule has 252 valence electrons.